The predicted molar refractivity (Wildman–Crippen MR) is 83.7 cm³/mol. The molecule has 1 aromatic carbocycles. The summed E-state index contributed by atoms with van der Waals surface area (Å²) in [5.41, 5.74) is 0. The quantitative estimate of drug-likeness (QED) is 0.874. The molecule has 1 aliphatic rings. The Hall–Kier alpha value is -2.51. The SMILES string of the molecule is O=C(COc1ccc(F)cc1)NCc1nnnn1C1CCCCC1. The number of halogens is 1. The zero-order chi connectivity index (χ0) is 16.8. The number of tetrazole rings is 1. The lowest BCUT2D eigenvalue weighted by Crippen LogP contribution is -2.30. The minimum absolute atomic E-state index is 0.142. The molecule has 0 unspecified atom stereocenters. The van der Waals surface area contributed by atoms with Crippen molar-refractivity contribution in [2.45, 2.75) is 44.7 Å². The van der Waals surface area contributed by atoms with Crippen molar-refractivity contribution in [2.24, 2.45) is 0 Å². The van der Waals surface area contributed by atoms with Crippen molar-refractivity contribution < 1.29 is 13.9 Å². The lowest BCUT2D eigenvalue weighted by atomic mass is 9.96. The van der Waals surface area contributed by atoms with Crippen molar-refractivity contribution in [3.05, 3.63) is 35.9 Å². The lowest BCUT2D eigenvalue weighted by molar-refractivity contribution is -0.123. The van der Waals surface area contributed by atoms with E-state index in [1.807, 2.05) is 4.68 Å². The fraction of sp³-hybridized carbons (Fsp3) is 0.500. The predicted octanol–water partition coefficient (Wildman–Crippen LogP) is 2.01. The maximum atomic E-state index is 12.8. The van der Waals surface area contributed by atoms with Gasteiger partial charge in [0.15, 0.2) is 12.4 Å². The number of hydrogen-bond donors (Lipinski definition) is 1. The molecule has 0 aliphatic heterocycles. The molecule has 7 nitrogen and oxygen atoms in total. The van der Waals surface area contributed by atoms with Crippen LogP contribution >= 0.6 is 0 Å². The molecule has 0 spiro atoms. The van der Waals surface area contributed by atoms with E-state index in [1.165, 1.54) is 43.5 Å². The van der Waals surface area contributed by atoms with Crippen LogP contribution in [0.15, 0.2) is 24.3 Å². The first-order valence-electron chi connectivity index (χ1n) is 8.14. The molecule has 1 amide bonds. The van der Waals surface area contributed by atoms with E-state index in [-0.39, 0.29) is 24.9 Å². The van der Waals surface area contributed by atoms with Gasteiger partial charge in [0, 0.05) is 0 Å². The van der Waals surface area contributed by atoms with Gasteiger partial charge in [0.1, 0.15) is 11.6 Å². The van der Waals surface area contributed by atoms with Crippen molar-refractivity contribution >= 4 is 5.91 Å². The van der Waals surface area contributed by atoms with Gasteiger partial charge < -0.3 is 10.1 Å². The Morgan fingerprint density at radius 2 is 2.00 bits per heavy atom. The van der Waals surface area contributed by atoms with Gasteiger partial charge in [-0.3, -0.25) is 4.79 Å². The lowest BCUT2D eigenvalue weighted by Gasteiger charge is -2.22. The number of nitrogens with zero attached hydrogens (tertiary/aromatic N) is 4. The zero-order valence-corrected chi connectivity index (χ0v) is 13.3. The third-order valence-corrected chi connectivity index (χ3v) is 4.11. The molecule has 1 aromatic heterocycles. The summed E-state index contributed by atoms with van der Waals surface area (Å²) in [6.45, 7) is 0.117. The Bertz CT molecular complexity index is 667. The van der Waals surface area contributed by atoms with E-state index in [0.29, 0.717) is 17.6 Å². The van der Waals surface area contributed by atoms with Gasteiger partial charge >= 0.3 is 0 Å². The Labute approximate surface area is 139 Å². The summed E-state index contributed by atoms with van der Waals surface area (Å²) in [6, 6.07) is 5.84. The fourth-order valence-electron chi connectivity index (χ4n) is 2.85. The highest BCUT2D eigenvalue weighted by Gasteiger charge is 2.20. The van der Waals surface area contributed by atoms with Crippen LogP contribution in [0.25, 0.3) is 0 Å². The highest BCUT2D eigenvalue weighted by Crippen LogP contribution is 2.27. The van der Waals surface area contributed by atoms with Gasteiger partial charge in [-0.25, -0.2) is 9.07 Å². The van der Waals surface area contributed by atoms with Gasteiger partial charge in [-0.15, -0.1) is 5.10 Å². The molecule has 8 heteroatoms. The van der Waals surface area contributed by atoms with Crippen LogP contribution in [0.4, 0.5) is 4.39 Å². The first kappa shape index (κ1) is 16.4. The standard InChI is InChI=1S/C16H20FN5O2/c17-12-6-8-14(9-7-12)24-11-16(23)18-10-15-19-20-21-22(15)13-4-2-1-3-5-13/h6-9,13H,1-5,10-11H2,(H,18,23). The van der Waals surface area contributed by atoms with Gasteiger partial charge in [0.2, 0.25) is 0 Å². The Morgan fingerprint density at radius 1 is 1.25 bits per heavy atom. The van der Waals surface area contributed by atoms with Gasteiger partial charge in [0.25, 0.3) is 5.91 Å². The number of carbonyl (C=O) groups excluding carboxylic acids is 1. The molecule has 128 valence electrons. The third kappa shape index (κ3) is 4.27. The molecular formula is C16H20FN5O2. The number of benzene rings is 1. The maximum absolute atomic E-state index is 12.8. The highest BCUT2D eigenvalue weighted by atomic mass is 19.1. The van der Waals surface area contributed by atoms with Gasteiger partial charge in [-0.2, -0.15) is 0 Å². The monoisotopic (exact) mass is 333 g/mol. The van der Waals surface area contributed by atoms with Crippen LogP contribution in [-0.2, 0) is 11.3 Å². The third-order valence-electron chi connectivity index (χ3n) is 4.11. The molecule has 2 aromatic rings. The second-order valence-electron chi connectivity index (χ2n) is 5.85. The summed E-state index contributed by atoms with van der Waals surface area (Å²) >= 11 is 0. The molecule has 1 fully saturated rings. The van der Waals surface area contributed by atoms with Crippen LogP contribution < -0.4 is 10.1 Å². The summed E-state index contributed by atoms with van der Waals surface area (Å²) in [6.07, 6.45) is 5.76. The summed E-state index contributed by atoms with van der Waals surface area (Å²) in [4.78, 5) is 11.9. The van der Waals surface area contributed by atoms with Crippen molar-refractivity contribution in [3.63, 3.8) is 0 Å². The minimum Gasteiger partial charge on any atom is -0.484 e. The van der Waals surface area contributed by atoms with E-state index < -0.39 is 0 Å². The van der Waals surface area contributed by atoms with Gasteiger partial charge in [0.05, 0.1) is 12.6 Å². The smallest absolute Gasteiger partial charge is 0.258 e. The van der Waals surface area contributed by atoms with Crippen LogP contribution in [-0.4, -0.2) is 32.7 Å². The van der Waals surface area contributed by atoms with Crippen molar-refractivity contribution in [2.75, 3.05) is 6.61 Å². The fourth-order valence-corrected chi connectivity index (χ4v) is 2.85. The molecule has 1 saturated carbocycles. The molecule has 0 atom stereocenters. The number of amides is 1. The van der Waals surface area contributed by atoms with E-state index in [2.05, 4.69) is 20.8 Å². The largest absolute Gasteiger partial charge is 0.484 e. The Morgan fingerprint density at radius 3 is 2.75 bits per heavy atom. The van der Waals surface area contributed by atoms with Crippen LogP contribution in [0, 0.1) is 5.82 Å². The average Bonchev–Trinajstić information content (AvgIpc) is 3.09. The molecule has 0 saturated heterocycles. The molecule has 1 aliphatic carbocycles. The molecule has 0 radical (unpaired) electrons. The van der Waals surface area contributed by atoms with E-state index >= 15 is 0 Å². The molecular weight excluding hydrogens is 313 g/mol. The van der Waals surface area contributed by atoms with Crippen molar-refractivity contribution in [3.8, 4) is 5.75 Å². The zero-order valence-electron chi connectivity index (χ0n) is 13.3. The first-order chi connectivity index (χ1) is 11.7. The molecule has 24 heavy (non-hydrogen) atoms. The van der Waals surface area contributed by atoms with Crippen molar-refractivity contribution in [1.29, 1.82) is 0 Å². The van der Waals surface area contributed by atoms with E-state index in [0.717, 1.165) is 12.8 Å². The topological polar surface area (TPSA) is 81.9 Å². The highest BCUT2D eigenvalue weighted by molar-refractivity contribution is 5.77. The Balaban J connectivity index is 1.48. The van der Waals surface area contributed by atoms with Crippen LogP contribution in [0.2, 0.25) is 0 Å². The molecule has 3 rings (SSSR count). The number of nitrogens with one attached hydrogen (secondary N) is 1. The first-order valence-corrected chi connectivity index (χ1v) is 8.14. The van der Waals surface area contributed by atoms with Crippen LogP contribution in [0.1, 0.15) is 44.0 Å². The number of hydrogen-bond acceptors (Lipinski definition) is 5. The number of carbonyl (C=O) groups is 1. The second-order valence-corrected chi connectivity index (χ2v) is 5.85. The number of aromatic nitrogens is 4. The second kappa shape index (κ2) is 7.85. The minimum atomic E-state index is -0.346. The normalized spacial score (nSPS) is 15.2. The van der Waals surface area contributed by atoms with Gasteiger partial charge in [-0.05, 0) is 47.5 Å². The summed E-state index contributed by atoms with van der Waals surface area (Å²) in [7, 11) is 0. The van der Waals surface area contributed by atoms with Crippen LogP contribution in [0.5, 0.6) is 5.75 Å². The summed E-state index contributed by atoms with van der Waals surface area (Å²) in [5.74, 6) is 0.467. The van der Waals surface area contributed by atoms with Crippen molar-refractivity contribution in [1.82, 2.24) is 25.5 Å². The van der Waals surface area contributed by atoms with E-state index in [4.69, 9.17) is 4.74 Å². The number of ether oxygens (including phenoxy) is 1. The summed E-state index contributed by atoms with van der Waals surface area (Å²) < 4.78 is 19.9. The van der Waals surface area contributed by atoms with Gasteiger partial charge in [-0.1, -0.05) is 19.3 Å². The molecule has 0 bridgehead atoms. The Kier molecular flexibility index (Phi) is 5.35. The maximum Gasteiger partial charge on any atom is 0.258 e. The number of rotatable bonds is 6. The molecule has 1 heterocycles. The van der Waals surface area contributed by atoms with E-state index in [1.54, 1.807) is 0 Å². The van der Waals surface area contributed by atoms with E-state index in [9.17, 15) is 9.18 Å². The summed E-state index contributed by atoms with van der Waals surface area (Å²) in [5, 5.41) is 14.5. The van der Waals surface area contributed by atoms with Crippen LogP contribution in [0.3, 0.4) is 0 Å². The molecule has 1 N–H and O–H groups in total. The average molecular weight is 333 g/mol.